The van der Waals surface area contributed by atoms with E-state index in [0.29, 0.717) is 17.0 Å². The second kappa shape index (κ2) is 10.3. The number of hydrogen-bond donors (Lipinski definition) is 4. The Balaban J connectivity index is 1.57. The van der Waals surface area contributed by atoms with E-state index in [-0.39, 0.29) is 6.61 Å². The van der Waals surface area contributed by atoms with Gasteiger partial charge >= 0.3 is 0 Å². The molecule has 5 aromatic rings. The van der Waals surface area contributed by atoms with Gasteiger partial charge in [-0.1, -0.05) is 72.8 Å². The van der Waals surface area contributed by atoms with E-state index in [9.17, 15) is 15.3 Å². The molecule has 4 N–H and O–H groups in total. The van der Waals surface area contributed by atoms with Crippen molar-refractivity contribution in [2.45, 2.75) is 23.5 Å². The molecule has 1 aliphatic rings. The summed E-state index contributed by atoms with van der Waals surface area (Å²) in [5.74, 6) is 1.15. The van der Waals surface area contributed by atoms with Crippen LogP contribution in [0.3, 0.4) is 0 Å². The number of aromatic nitrogens is 4. The number of aliphatic hydroxyl groups excluding tert-OH is 3. The smallest absolute Gasteiger partial charge is 0.199 e. The van der Waals surface area contributed by atoms with Gasteiger partial charge in [-0.15, -0.1) is 0 Å². The minimum Gasteiger partial charge on any atom is -0.497 e. The van der Waals surface area contributed by atoms with Crippen LogP contribution in [0.1, 0.15) is 16.7 Å². The van der Waals surface area contributed by atoms with Crippen molar-refractivity contribution in [1.29, 1.82) is 0 Å². The Bertz CT molecular complexity index is 1560. The van der Waals surface area contributed by atoms with Gasteiger partial charge in [-0.2, -0.15) is 0 Å². The lowest BCUT2D eigenvalue weighted by molar-refractivity contribution is -0.149. The summed E-state index contributed by atoms with van der Waals surface area (Å²) in [7, 11) is 1.63. The van der Waals surface area contributed by atoms with E-state index in [0.717, 1.165) is 22.4 Å². The Labute approximate surface area is 230 Å². The van der Waals surface area contributed by atoms with Crippen LogP contribution < -0.4 is 10.1 Å². The van der Waals surface area contributed by atoms with Crippen LogP contribution in [0.15, 0.2) is 97.6 Å². The number of hydrogen-bond acceptors (Lipinski definition) is 9. The molecule has 0 radical (unpaired) electrons. The van der Waals surface area contributed by atoms with E-state index in [1.807, 2.05) is 84.9 Å². The zero-order valence-corrected chi connectivity index (χ0v) is 21.8. The molecule has 2 aromatic heterocycles. The third-order valence-corrected chi connectivity index (χ3v) is 7.54. The number of methoxy groups -OCH3 is 1. The highest BCUT2D eigenvalue weighted by Crippen LogP contribution is 2.42. The SMILES string of the molecule is COc1ccc(C(Nc2ncnc3c2ncn3C2(CO)OCC(O)C2O)(c2ccccc2)c2ccccc2)cc1. The second-order valence-corrected chi connectivity index (χ2v) is 9.67. The maximum absolute atomic E-state index is 10.7. The third-order valence-electron chi connectivity index (χ3n) is 7.54. The summed E-state index contributed by atoms with van der Waals surface area (Å²) in [5, 5.41) is 34.9. The lowest BCUT2D eigenvalue weighted by atomic mass is 9.77. The molecule has 1 aliphatic heterocycles. The average molecular weight is 540 g/mol. The topological polar surface area (TPSA) is 135 Å². The quantitative estimate of drug-likeness (QED) is 0.220. The Morgan fingerprint density at radius 1 is 0.925 bits per heavy atom. The number of imidazole rings is 1. The van der Waals surface area contributed by atoms with Crippen molar-refractivity contribution >= 4 is 17.0 Å². The summed E-state index contributed by atoms with van der Waals surface area (Å²) in [6.45, 7) is -0.729. The lowest BCUT2D eigenvalue weighted by Crippen LogP contribution is -2.48. The van der Waals surface area contributed by atoms with Crippen molar-refractivity contribution in [3.05, 3.63) is 114 Å². The molecule has 3 atom stereocenters. The molecule has 10 nitrogen and oxygen atoms in total. The molecule has 0 bridgehead atoms. The molecule has 3 unspecified atom stereocenters. The predicted octanol–water partition coefficient (Wildman–Crippen LogP) is 2.64. The van der Waals surface area contributed by atoms with Gasteiger partial charge in [-0.3, -0.25) is 4.57 Å². The van der Waals surface area contributed by atoms with Crippen LogP contribution in [-0.4, -0.2) is 67.4 Å². The van der Waals surface area contributed by atoms with E-state index >= 15 is 0 Å². The molecule has 3 aromatic carbocycles. The molecule has 6 rings (SSSR count). The zero-order chi connectivity index (χ0) is 27.7. The molecule has 0 saturated carbocycles. The Morgan fingerprint density at radius 3 is 2.10 bits per heavy atom. The molecular weight excluding hydrogens is 510 g/mol. The van der Waals surface area contributed by atoms with Gasteiger partial charge in [-0.05, 0) is 28.8 Å². The first-order chi connectivity index (χ1) is 19.5. The monoisotopic (exact) mass is 539 g/mol. The van der Waals surface area contributed by atoms with Gasteiger partial charge in [-0.25, -0.2) is 15.0 Å². The molecule has 0 spiro atoms. The molecule has 204 valence electrons. The second-order valence-electron chi connectivity index (χ2n) is 9.67. The van der Waals surface area contributed by atoms with E-state index in [1.54, 1.807) is 7.11 Å². The third kappa shape index (κ3) is 4.00. The van der Waals surface area contributed by atoms with Crippen LogP contribution in [0.5, 0.6) is 5.75 Å². The van der Waals surface area contributed by atoms with Crippen molar-refractivity contribution in [3.8, 4) is 5.75 Å². The van der Waals surface area contributed by atoms with Gasteiger partial charge in [0.1, 0.15) is 29.8 Å². The minimum atomic E-state index is -1.63. The largest absolute Gasteiger partial charge is 0.497 e. The van der Waals surface area contributed by atoms with Gasteiger partial charge in [0.25, 0.3) is 0 Å². The highest BCUT2D eigenvalue weighted by molar-refractivity contribution is 5.84. The Kier molecular flexibility index (Phi) is 6.68. The van der Waals surface area contributed by atoms with Crippen LogP contribution in [-0.2, 0) is 16.0 Å². The summed E-state index contributed by atoms with van der Waals surface area (Å²) in [6, 6.07) is 27.9. The normalized spacial score (nSPS) is 21.0. The first-order valence-corrected chi connectivity index (χ1v) is 12.9. The molecule has 0 amide bonds. The van der Waals surface area contributed by atoms with Crippen molar-refractivity contribution in [1.82, 2.24) is 19.5 Å². The fourth-order valence-electron chi connectivity index (χ4n) is 5.45. The van der Waals surface area contributed by atoms with Gasteiger partial charge in [0.2, 0.25) is 0 Å². The van der Waals surface area contributed by atoms with Gasteiger partial charge in [0.15, 0.2) is 22.7 Å². The van der Waals surface area contributed by atoms with Gasteiger partial charge < -0.3 is 30.1 Å². The highest BCUT2D eigenvalue weighted by Gasteiger charge is 2.51. The average Bonchev–Trinajstić information content (AvgIpc) is 3.58. The number of aliphatic hydroxyl groups is 3. The molecule has 10 heteroatoms. The van der Waals surface area contributed by atoms with Crippen molar-refractivity contribution in [3.63, 3.8) is 0 Å². The van der Waals surface area contributed by atoms with Gasteiger partial charge in [0, 0.05) is 0 Å². The molecule has 1 saturated heterocycles. The Hall–Kier alpha value is -4.35. The molecule has 40 heavy (non-hydrogen) atoms. The zero-order valence-electron chi connectivity index (χ0n) is 21.8. The van der Waals surface area contributed by atoms with E-state index in [4.69, 9.17) is 9.47 Å². The highest BCUT2D eigenvalue weighted by atomic mass is 16.6. The van der Waals surface area contributed by atoms with Crippen molar-refractivity contribution in [2.24, 2.45) is 0 Å². The van der Waals surface area contributed by atoms with Crippen LogP contribution in [0.4, 0.5) is 5.82 Å². The summed E-state index contributed by atoms with van der Waals surface area (Å²) < 4.78 is 12.6. The van der Waals surface area contributed by atoms with Crippen LogP contribution in [0, 0.1) is 0 Å². The lowest BCUT2D eigenvalue weighted by Gasteiger charge is -2.37. The van der Waals surface area contributed by atoms with E-state index < -0.39 is 30.1 Å². The van der Waals surface area contributed by atoms with E-state index in [1.165, 1.54) is 17.2 Å². The summed E-state index contributed by atoms with van der Waals surface area (Å²) in [4.78, 5) is 13.6. The number of fused-ring (bicyclic) bond motifs is 1. The van der Waals surface area contributed by atoms with Gasteiger partial charge in [0.05, 0.1) is 26.7 Å². The summed E-state index contributed by atoms with van der Waals surface area (Å²) in [6.07, 6.45) is 0.277. The molecule has 0 aliphatic carbocycles. The number of nitrogens with zero attached hydrogens (tertiary/aromatic N) is 4. The molecular formula is C30H29N5O5. The number of benzene rings is 3. The van der Waals surface area contributed by atoms with Crippen LogP contribution in [0.25, 0.3) is 11.2 Å². The maximum Gasteiger partial charge on any atom is 0.199 e. The number of rotatable bonds is 8. The fraction of sp³-hybridized carbons (Fsp3) is 0.233. The van der Waals surface area contributed by atoms with E-state index in [2.05, 4.69) is 20.3 Å². The first-order valence-electron chi connectivity index (χ1n) is 12.9. The predicted molar refractivity (Wildman–Crippen MR) is 148 cm³/mol. The first kappa shape index (κ1) is 25.9. The number of ether oxygens (including phenoxy) is 2. The Morgan fingerprint density at radius 2 is 1.55 bits per heavy atom. The standard InChI is InChI=1S/C30H29N5O5/c1-39-23-14-12-22(13-15-23)30(20-8-4-2-5-9-20,21-10-6-3-7-11-21)34-27-25-28(32-18-31-27)35(19-33-25)29(17-36)26(38)24(37)16-40-29/h2-15,18-19,24,26,36-38H,16-17H2,1H3,(H,31,32,34). The summed E-state index contributed by atoms with van der Waals surface area (Å²) >= 11 is 0. The summed E-state index contributed by atoms with van der Waals surface area (Å²) in [5.41, 5.74) is 1.03. The van der Waals surface area contributed by atoms with Crippen LogP contribution >= 0.6 is 0 Å². The molecule has 3 heterocycles. The maximum atomic E-state index is 10.7. The van der Waals surface area contributed by atoms with Crippen LogP contribution in [0.2, 0.25) is 0 Å². The minimum absolute atomic E-state index is 0.139. The number of nitrogens with one attached hydrogen (secondary N) is 1. The number of anilines is 1. The van der Waals surface area contributed by atoms with Crippen molar-refractivity contribution in [2.75, 3.05) is 25.6 Å². The fourth-order valence-corrected chi connectivity index (χ4v) is 5.45. The molecule has 1 fully saturated rings. The van der Waals surface area contributed by atoms with Crippen molar-refractivity contribution < 1.29 is 24.8 Å².